The first kappa shape index (κ1) is 22.3. The first-order valence-electron chi connectivity index (χ1n) is 10.5. The minimum atomic E-state index is -0.232. The van der Waals surface area contributed by atoms with E-state index in [0.29, 0.717) is 45.6 Å². The molecule has 1 heterocycles. The lowest BCUT2D eigenvalue weighted by molar-refractivity contribution is -0.116. The van der Waals surface area contributed by atoms with E-state index in [1.807, 2.05) is 49.4 Å². The number of carbonyl (C=O) groups is 2. The van der Waals surface area contributed by atoms with Crippen molar-refractivity contribution in [1.82, 2.24) is 4.98 Å². The van der Waals surface area contributed by atoms with Crippen molar-refractivity contribution in [3.05, 3.63) is 101 Å². The van der Waals surface area contributed by atoms with Gasteiger partial charge in [-0.2, -0.15) is 0 Å². The molecule has 2 N–H and O–H groups in total. The summed E-state index contributed by atoms with van der Waals surface area (Å²) in [7, 11) is 0. The Balaban J connectivity index is 1.36. The van der Waals surface area contributed by atoms with Gasteiger partial charge in [0.05, 0.1) is 6.20 Å². The molecular formula is C26H22ClN3O3. The van der Waals surface area contributed by atoms with Crippen LogP contribution in [0.15, 0.2) is 83.4 Å². The third-order valence-electron chi connectivity index (χ3n) is 5.13. The fourth-order valence-corrected chi connectivity index (χ4v) is 3.47. The normalized spacial score (nSPS) is 10.6. The van der Waals surface area contributed by atoms with Crippen LogP contribution >= 0.6 is 11.6 Å². The Bertz CT molecular complexity index is 1270. The van der Waals surface area contributed by atoms with Gasteiger partial charge in [-0.05, 0) is 61.0 Å². The average molecular weight is 460 g/mol. The molecule has 7 heteroatoms. The van der Waals surface area contributed by atoms with Crippen molar-refractivity contribution in [2.45, 2.75) is 19.8 Å². The molecule has 3 aromatic carbocycles. The van der Waals surface area contributed by atoms with E-state index in [9.17, 15) is 9.59 Å². The van der Waals surface area contributed by atoms with Crippen molar-refractivity contribution in [3.8, 4) is 11.3 Å². The van der Waals surface area contributed by atoms with E-state index >= 15 is 0 Å². The maximum absolute atomic E-state index is 12.7. The van der Waals surface area contributed by atoms with Gasteiger partial charge in [0.15, 0.2) is 11.7 Å². The Morgan fingerprint density at radius 1 is 0.939 bits per heavy atom. The lowest BCUT2D eigenvalue weighted by Gasteiger charge is -2.12. The Labute approximate surface area is 196 Å². The highest BCUT2D eigenvalue weighted by Crippen LogP contribution is 2.23. The average Bonchev–Trinajstić information content (AvgIpc) is 3.29. The SMILES string of the molecule is Cc1c(NC(=O)CCc2ncc(-c3ccc(Cl)cc3)o2)cccc1C(=O)Nc1ccccc1. The van der Waals surface area contributed by atoms with E-state index < -0.39 is 0 Å². The number of hydrogen-bond acceptors (Lipinski definition) is 4. The highest BCUT2D eigenvalue weighted by molar-refractivity contribution is 6.30. The first-order valence-corrected chi connectivity index (χ1v) is 10.8. The van der Waals surface area contributed by atoms with Crippen LogP contribution in [-0.4, -0.2) is 16.8 Å². The molecular weight excluding hydrogens is 438 g/mol. The van der Waals surface area contributed by atoms with Gasteiger partial charge in [0.1, 0.15) is 0 Å². The number of aryl methyl sites for hydroxylation is 1. The molecule has 1 aromatic heterocycles. The molecule has 0 aliphatic rings. The second kappa shape index (κ2) is 10.1. The minimum absolute atomic E-state index is 0.190. The fraction of sp³-hybridized carbons (Fsp3) is 0.115. The van der Waals surface area contributed by atoms with Crippen molar-refractivity contribution in [3.63, 3.8) is 0 Å². The number of amides is 2. The molecule has 0 bridgehead atoms. The van der Waals surface area contributed by atoms with Crippen LogP contribution in [0.2, 0.25) is 5.02 Å². The maximum atomic E-state index is 12.7. The number of nitrogens with zero attached hydrogens (tertiary/aromatic N) is 1. The number of carbonyl (C=O) groups excluding carboxylic acids is 2. The van der Waals surface area contributed by atoms with Crippen LogP contribution in [0.3, 0.4) is 0 Å². The number of hydrogen-bond donors (Lipinski definition) is 2. The topological polar surface area (TPSA) is 84.2 Å². The molecule has 0 aliphatic heterocycles. The van der Waals surface area contributed by atoms with Crippen LogP contribution in [0.1, 0.15) is 28.2 Å². The van der Waals surface area contributed by atoms with Crippen molar-refractivity contribution in [2.75, 3.05) is 10.6 Å². The zero-order valence-electron chi connectivity index (χ0n) is 18.0. The van der Waals surface area contributed by atoms with Gasteiger partial charge in [-0.15, -0.1) is 0 Å². The number of nitrogens with one attached hydrogen (secondary N) is 2. The highest BCUT2D eigenvalue weighted by Gasteiger charge is 2.14. The second-order valence-corrected chi connectivity index (χ2v) is 7.91. The Kier molecular flexibility index (Phi) is 6.86. The van der Waals surface area contributed by atoms with Crippen LogP contribution in [0.25, 0.3) is 11.3 Å². The van der Waals surface area contributed by atoms with Crippen LogP contribution in [0, 0.1) is 6.92 Å². The summed E-state index contributed by atoms with van der Waals surface area (Å²) >= 11 is 5.92. The molecule has 6 nitrogen and oxygen atoms in total. The largest absolute Gasteiger partial charge is 0.441 e. The molecule has 0 saturated heterocycles. The number of aromatic nitrogens is 1. The molecule has 4 aromatic rings. The summed E-state index contributed by atoms with van der Waals surface area (Å²) in [5.74, 6) is 0.673. The van der Waals surface area contributed by atoms with E-state index in [2.05, 4.69) is 15.6 Å². The quantitative estimate of drug-likeness (QED) is 0.348. The van der Waals surface area contributed by atoms with E-state index in [1.165, 1.54) is 0 Å². The number of anilines is 2. The number of oxazole rings is 1. The van der Waals surface area contributed by atoms with Crippen LogP contribution in [0.5, 0.6) is 0 Å². The minimum Gasteiger partial charge on any atom is -0.441 e. The molecule has 4 rings (SSSR count). The molecule has 0 fully saturated rings. The monoisotopic (exact) mass is 459 g/mol. The molecule has 33 heavy (non-hydrogen) atoms. The summed E-state index contributed by atoms with van der Waals surface area (Å²) in [6, 6.07) is 21.7. The predicted octanol–water partition coefficient (Wildman–Crippen LogP) is 6.13. The molecule has 0 radical (unpaired) electrons. The lowest BCUT2D eigenvalue weighted by atomic mass is 10.1. The van der Waals surface area contributed by atoms with Crippen molar-refractivity contribution in [2.24, 2.45) is 0 Å². The summed E-state index contributed by atoms with van der Waals surface area (Å²) in [5, 5.41) is 6.39. The van der Waals surface area contributed by atoms with Gasteiger partial charge in [0, 0.05) is 40.4 Å². The van der Waals surface area contributed by atoms with E-state index in [4.69, 9.17) is 16.0 Å². The molecule has 0 aliphatic carbocycles. The van der Waals surface area contributed by atoms with Gasteiger partial charge < -0.3 is 15.1 Å². The lowest BCUT2D eigenvalue weighted by Crippen LogP contribution is -2.17. The first-order chi connectivity index (χ1) is 16.0. The molecule has 0 atom stereocenters. The third kappa shape index (κ3) is 5.67. The molecule has 2 amide bonds. The van der Waals surface area contributed by atoms with E-state index in [0.717, 1.165) is 5.56 Å². The van der Waals surface area contributed by atoms with E-state index in [1.54, 1.807) is 36.5 Å². The van der Waals surface area contributed by atoms with Gasteiger partial charge in [0.2, 0.25) is 5.91 Å². The number of benzene rings is 3. The van der Waals surface area contributed by atoms with E-state index in [-0.39, 0.29) is 18.2 Å². The number of halogens is 1. The molecule has 166 valence electrons. The zero-order chi connectivity index (χ0) is 23.2. The van der Waals surface area contributed by atoms with Gasteiger partial charge in [-0.25, -0.2) is 4.98 Å². The fourth-order valence-electron chi connectivity index (χ4n) is 3.34. The van der Waals surface area contributed by atoms with Gasteiger partial charge in [-0.3, -0.25) is 9.59 Å². The summed E-state index contributed by atoms with van der Waals surface area (Å²) in [4.78, 5) is 29.5. The van der Waals surface area contributed by atoms with Crippen molar-refractivity contribution in [1.29, 1.82) is 0 Å². The highest BCUT2D eigenvalue weighted by atomic mass is 35.5. The Morgan fingerprint density at radius 2 is 1.70 bits per heavy atom. The Morgan fingerprint density at radius 3 is 2.45 bits per heavy atom. The molecule has 0 spiro atoms. The van der Waals surface area contributed by atoms with Crippen LogP contribution in [-0.2, 0) is 11.2 Å². The van der Waals surface area contributed by atoms with Gasteiger partial charge >= 0.3 is 0 Å². The summed E-state index contributed by atoms with van der Waals surface area (Å²) in [6.07, 6.45) is 2.18. The summed E-state index contributed by atoms with van der Waals surface area (Å²) in [6.45, 7) is 1.81. The molecule has 0 saturated carbocycles. The van der Waals surface area contributed by atoms with Crippen molar-refractivity contribution < 1.29 is 14.0 Å². The third-order valence-corrected chi connectivity index (χ3v) is 5.38. The summed E-state index contributed by atoms with van der Waals surface area (Å²) in [5.41, 5.74) is 3.36. The molecule has 0 unspecified atom stereocenters. The van der Waals surface area contributed by atoms with Gasteiger partial charge in [-0.1, -0.05) is 35.9 Å². The van der Waals surface area contributed by atoms with Gasteiger partial charge in [0.25, 0.3) is 5.91 Å². The van der Waals surface area contributed by atoms with Crippen LogP contribution < -0.4 is 10.6 Å². The standard InChI is InChI=1S/C26H22ClN3O3/c1-17-21(26(32)29-20-6-3-2-4-7-20)8-5-9-22(17)30-24(31)14-15-25-28-16-23(33-25)18-10-12-19(27)13-11-18/h2-13,16H,14-15H2,1H3,(H,29,32)(H,30,31). The number of rotatable bonds is 7. The predicted molar refractivity (Wildman–Crippen MR) is 129 cm³/mol. The summed E-state index contributed by atoms with van der Waals surface area (Å²) < 4.78 is 5.75. The zero-order valence-corrected chi connectivity index (χ0v) is 18.7. The maximum Gasteiger partial charge on any atom is 0.256 e. The number of para-hydroxylation sites is 1. The second-order valence-electron chi connectivity index (χ2n) is 7.47. The smallest absolute Gasteiger partial charge is 0.256 e. The van der Waals surface area contributed by atoms with Crippen molar-refractivity contribution >= 4 is 34.8 Å². The Hall–Kier alpha value is -3.90. The van der Waals surface area contributed by atoms with Crippen LogP contribution in [0.4, 0.5) is 11.4 Å².